The molecule has 0 aromatic heterocycles. The number of rotatable bonds is 7. The maximum absolute atomic E-state index is 13.9. The number of aliphatic hydroxyl groups is 1. The molecule has 2 atom stereocenters. The normalized spacial score (nSPS) is 14.5. The van der Waals surface area contributed by atoms with Crippen LogP contribution in [-0.4, -0.2) is 5.11 Å². The molecule has 18 heavy (non-hydrogen) atoms. The Morgan fingerprint density at radius 1 is 1.33 bits per heavy atom. The molecule has 102 valence electrons. The minimum atomic E-state index is -0.704. The Balaban J connectivity index is 2.68. The lowest BCUT2D eigenvalue weighted by Crippen LogP contribution is -2.08. The number of aliphatic hydroxyl groups excluding tert-OH is 1. The van der Waals surface area contributed by atoms with E-state index in [0.29, 0.717) is 22.4 Å². The summed E-state index contributed by atoms with van der Waals surface area (Å²) in [5.41, 5.74) is 0.402. The lowest BCUT2D eigenvalue weighted by molar-refractivity contribution is 0.135. The van der Waals surface area contributed by atoms with Crippen molar-refractivity contribution < 1.29 is 9.50 Å². The lowest BCUT2D eigenvalue weighted by atomic mass is 9.90. The SMILES string of the molecule is CCCCC(CC)CC(O)c1cccc(Br)c1F. The minimum Gasteiger partial charge on any atom is -0.388 e. The zero-order valence-electron chi connectivity index (χ0n) is 11.1. The van der Waals surface area contributed by atoms with Gasteiger partial charge in [0.05, 0.1) is 10.6 Å². The molecule has 1 rings (SSSR count). The average Bonchev–Trinajstić information content (AvgIpc) is 2.37. The Morgan fingerprint density at radius 3 is 2.67 bits per heavy atom. The van der Waals surface area contributed by atoms with Gasteiger partial charge in [0.1, 0.15) is 5.82 Å². The Morgan fingerprint density at radius 2 is 2.06 bits per heavy atom. The topological polar surface area (TPSA) is 20.2 Å². The third kappa shape index (κ3) is 4.36. The number of halogens is 2. The molecule has 0 amide bonds. The van der Waals surface area contributed by atoms with Gasteiger partial charge in [-0.3, -0.25) is 0 Å². The molecule has 1 aromatic carbocycles. The van der Waals surface area contributed by atoms with Gasteiger partial charge in [-0.1, -0.05) is 51.7 Å². The molecule has 0 aliphatic carbocycles. The summed E-state index contributed by atoms with van der Waals surface area (Å²) in [7, 11) is 0. The zero-order chi connectivity index (χ0) is 13.5. The third-order valence-corrected chi connectivity index (χ3v) is 4.05. The van der Waals surface area contributed by atoms with Crippen molar-refractivity contribution in [1.82, 2.24) is 0 Å². The Bertz CT molecular complexity index is 368. The standard InChI is InChI=1S/C15H22BrFO/c1-3-5-7-11(4-2)10-14(18)12-8-6-9-13(16)15(12)17/h6,8-9,11,14,18H,3-5,7,10H2,1-2H3. The first-order chi connectivity index (χ1) is 8.60. The van der Waals surface area contributed by atoms with E-state index in [1.54, 1.807) is 18.2 Å². The molecule has 2 unspecified atom stereocenters. The zero-order valence-corrected chi connectivity index (χ0v) is 12.7. The van der Waals surface area contributed by atoms with Crippen molar-refractivity contribution in [3.8, 4) is 0 Å². The summed E-state index contributed by atoms with van der Waals surface area (Å²) < 4.78 is 14.3. The molecular formula is C15H22BrFO. The van der Waals surface area contributed by atoms with Crippen LogP contribution in [0.4, 0.5) is 4.39 Å². The quantitative estimate of drug-likeness (QED) is 0.730. The summed E-state index contributed by atoms with van der Waals surface area (Å²) in [4.78, 5) is 0. The van der Waals surface area contributed by atoms with Crippen molar-refractivity contribution in [3.05, 3.63) is 34.1 Å². The minimum absolute atomic E-state index is 0.338. The largest absolute Gasteiger partial charge is 0.388 e. The Hall–Kier alpha value is -0.410. The summed E-state index contributed by atoms with van der Waals surface area (Å²) in [5.74, 6) is 0.133. The number of hydrogen-bond donors (Lipinski definition) is 1. The predicted molar refractivity (Wildman–Crippen MR) is 77.0 cm³/mol. The van der Waals surface area contributed by atoms with Gasteiger partial charge in [-0.05, 0) is 34.3 Å². The van der Waals surface area contributed by atoms with E-state index in [2.05, 4.69) is 29.8 Å². The predicted octanol–water partition coefficient (Wildman–Crippen LogP) is 5.23. The van der Waals surface area contributed by atoms with Crippen molar-refractivity contribution in [2.24, 2.45) is 5.92 Å². The van der Waals surface area contributed by atoms with Gasteiger partial charge in [-0.25, -0.2) is 4.39 Å². The van der Waals surface area contributed by atoms with E-state index in [0.717, 1.165) is 19.3 Å². The third-order valence-electron chi connectivity index (χ3n) is 3.44. The highest BCUT2D eigenvalue weighted by atomic mass is 79.9. The molecule has 3 heteroatoms. The van der Waals surface area contributed by atoms with E-state index in [4.69, 9.17) is 0 Å². The van der Waals surface area contributed by atoms with E-state index in [1.165, 1.54) is 6.42 Å². The Labute approximate surface area is 118 Å². The molecule has 0 heterocycles. The molecule has 0 bridgehead atoms. The molecule has 0 aliphatic heterocycles. The van der Waals surface area contributed by atoms with E-state index < -0.39 is 6.10 Å². The fourth-order valence-electron chi connectivity index (χ4n) is 2.20. The van der Waals surface area contributed by atoms with Crippen LogP contribution in [-0.2, 0) is 0 Å². The average molecular weight is 317 g/mol. The van der Waals surface area contributed by atoms with Gasteiger partial charge < -0.3 is 5.11 Å². The van der Waals surface area contributed by atoms with Gasteiger partial charge in [0.15, 0.2) is 0 Å². The molecular weight excluding hydrogens is 295 g/mol. The van der Waals surface area contributed by atoms with Gasteiger partial charge in [0.2, 0.25) is 0 Å². The highest BCUT2D eigenvalue weighted by Crippen LogP contribution is 2.30. The Kier molecular flexibility index (Phi) is 6.87. The second-order valence-corrected chi connectivity index (χ2v) is 5.67. The molecule has 0 saturated heterocycles. The van der Waals surface area contributed by atoms with Crippen LogP contribution in [0.3, 0.4) is 0 Å². The van der Waals surface area contributed by atoms with Crippen LogP contribution < -0.4 is 0 Å². The van der Waals surface area contributed by atoms with Crippen LogP contribution in [0, 0.1) is 11.7 Å². The summed E-state index contributed by atoms with van der Waals surface area (Å²) in [6.07, 6.45) is 4.42. The van der Waals surface area contributed by atoms with Gasteiger partial charge in [-0.2, -0.15) is 0 Å². The van der Waals surface area contributed by atoms with Crippen LogP contribution in [0.25, 0.3) is 0 Å². The summed E-state index contributed by atoms with van der Waals surface area (Å²) in [6.45, 7) is 4.29. The first-order valence-electron chi connectivity index (χ1n) is 6.72. The molecule has 0 spiro atoms. The lowest BCUT2D eigenvalue weighted by Gasteiger charge is -2.19. The van der Waals surface area contributed by atoms with Crippen LogP contribution in [0.15, 0.2) is 22.7 Å². The highest BCUT2D eigenvalue weighted by molar-refractivity contribution is 9.10. The maximum Gasteiger partial charge on any atom is 0.143 e. The van der Waals surface area contributed by atoms with Crippen LogP contribution in [0.5, 0.6) is 0 Å². The maximum atomic E-state index is 13.9. The summed E-state index contributed by atoms with van der Waals surface area (Å²) in [5, 5.41) is 10.2. The number of unbranched alkanes of at least 4 members (excludes halogenated alkanes) is 1. The van der Waals surface area contributed by atoms with Gasteiger partial charge in [0.25, 0.3) is 0 Å². The van der Waals surface area contributed by atoms with E-state index in [-0.39, 0.29) is 5.82 Å². The first-order valence-corrected chi connectivity index (χ1v) is 7.51. The van der Waals surface area contributed by atoms with Crippen molar-refractivity contribution in [3.63, 3.8) is 0 Å². The number of benzene rings is 1. The summed E-state index contributed by atoms with van der Waals surface area (Å²) >= 11 is 3.15. The smallest absolute Gasteiger partial charge is 0.143 e. The van der Waals surface area contributed by atoms with Crippen molar-refractivity contribution in [2.75, 3.05) is 0 Å². The van der Waals surface area contributed by atoms with Gasteiger partial charge >= 0.3 is 0 Å². The molecule has 1 nitrogen and oxygen atoms in total. The van der Waals surface area contributed by atoms with E-state index in [9.17, 15) is 9.50 Å². The summed E-state index contributed by atoms with van der Waals surface area (Å²) in [6, 6.07) is 5.08. The molecule has 0 saturated carbocycles. The van der Waals surface area contributed by atoms with Crippen molar-refractivity contribution in [1.29, 1.82) is 0 Å². The molecule has 1 aromatic rings. The van der Waals surface area contributed by atoms with E-state index >= 15 is 0 Å². The monoisotopic (exact) mass is 316 g/mol. The second-order valence-electron chi connectivity index (χ2n) is 4.81. The molecule has 0 radical (unpaired) electrons. The fraction of sp³-hybridized carbons (Fsp3) is 0.600. The van der Waals surface area contributed by atoms with Crippen molar-refractivity contribution >= 4 is 15.9 Å². The fourth-order valence-corrected chi connectivity index (χ4v) is 2.58. The highest BCUT2D eigenvalue weighted by Gasteiger charge is 2.18. The van der Waals surface area contributed by atoms with Crippen LogP contribution in [0.2, 0.25) is 0 Å². The van der Waals surface area contributed by atoms with E-state index in [1.807, 2.05) is 0 Å². The van der Waals surface area contributed by atoms with Crippen LogP contribution in [0.1, 0.15) is 57.6 Å². The molecule has 1 N–H and O–H groups in total. The number of hydrogen-bond acceptors (Lipinski definition) is 1. The molecule has 0 aliphatic rings. The van der Waals surface area contributed by atoms with Gasteiger partial charge in [0, 0.05) is 5.56 Å². The van der Waals surface area contributed by atoms with Crippen LogP contribution >= 0.6 is 15.9 Å². The van der Waals surface area contributed by atoms with Gasteiger partial charge in [-0.15, -0.1) is 0 Å². The second kappa shape index (κ2) is 7.90. The molecule has 0 fully saturated rings. The first kappa shape index (κ1) is 15.6. The van der Waals surface area contributed by atoms with Crippen molar-refractivity contribution in [2.45, 2.75) is 52.1 Å².